The molecule has 6 nitrogen and oxygen atoms in total. The van der Waals surface area contributed by atoms with Crippen molar-refractivity contribution in [1.29, 1.82) is 0 Å². The average molecular weight is 446 g/mol. The van der Waals surface area contributed by atoms with Crippen LogP contribution in [-0.2, 0) is 10.8 Å². The zero-order valence-corrected chi connectivity index (χ0v) is 16.2. The summed E-state index contributed by atoms with van der Waals surface area (Å²) in [7, 11) is 0. The molecule has 12 heteroatoms. The monoisotopic (exact) mass is 446 g/mol. The molecular formula is C19H16F6N4O2. The highest BCUT2D eigenvalue weighted by Gasteiger charge is 2.47. The normalized spacial score (nSPS) is 20.1. The first-order valence-corrected chi connectivity index (χ1v) is 9.26. The lowest BCUT2D eigenvalue weighted by molar-refractivity contribution is -0.263. The number of pyridine rings is 2. The van der Waals surface area contributed by atoms with Crippen LogP contribution < -0.4 is 4.74 Å². The lowest BCUT2D eigenvalue weighted by Crippen LogP contribution is -2.31. The van der Waals surface area contributed by atoms with E-state index in [0.717, 1.165) is 23.6 Å². The molecule has 2 unspecified atom stereocenters. The van der Waals surface area contributed by atoms with E-state index in [1.807, 2.05) is 0 Å². The summed E-state index contributed by atoms with van der Waals surface area (Å²) < 4.78 is 91.5. The minimum absolute atomic E-state index is 0.0236. The van der Waals surface area contributed by atoms with E-state index in [0.29, 0.717) is 6.42 Å². The number of fused-ring (bicyclic) bond motifs is 1. The molecule has 0 radical (unpaired) electrons. The molecule has 1 aliphatic carbocycles. The Morgan fingerprint density at radius 3 is 2.45 bits per heavy atom. The fourth-order valence-corrected chi connectivity index (χ4v) is 2.86. The first kappa shape index (κ1) is 21.3. The van der Waals surface area contributed by atoms with Gasteiger partial charge in [0.2, 0.25) is 5.82 Å². The van der Waals surface area contributed by atoms with Crippen LogP contribution in [0.3, 0.4) is 0 Å². The number of hydrogen-bond acceptors (Lipinski definition) is 5. The minimum atomic E-state index is -4.69. The molecule has 31 heavy (non-hydrogen) atoms. The van der Waals surface area contributed by atoms with Gasteiger partial charge in [-0.1, -0.05) is 6.92 Å². The highest BCUT2D eigenvalue weighted by molar-refractivity contribution is 5.64. The summed E-state index contributed by atoms with van der Waals surface area (Å²) in [4.78, 5) is 3.59. The Morgan fingerprint density at radius 2 is 1.84 bits per heavy atom. The topological polar surface area (TPSA) is 61.5 Å². The quantitative estimate of drug-likeness (QED) is 0.513. The van der Waals surface area contributed by atoms with E-state index in [2.05, 4.69) is 19.9 Å². The van der Waals surface area contributed by atoms with Gasteiger partial charge >= 0.3 is 12.3 Å². The SMILES string of the molecule is CC1CC1OC(F)(F)c1nnc2ccc(-c3cnc(O[C@@H](C)C(F)(F)F)c(F)c3)cn12. The van der Waals surface area contributed by atoms with Crippen molar-refractivity contribution >= 4 is 5.65 Å². The molecule has 166 valence electrons. The van der Waals surface area contributed by atoms with Crippen LogP contribution >= 0.6 is 0 Å². The van der Waals surface area contributed by atoms with Gasteiger partial charge in [0.05, 0.1) is 6.10 Å². The van der Waals surface area contributed by atoms with Gasteiger partial charge in [-0.2, -0.15) is 22.0 Å². The fourth-order valence-electron chi connectivity index (χ4n) is 2.86. The smallest absolute Gasteiger partial charge is 0.425 e. The summed E-state index contributed by atoms with van der Waals surface area (Å²) in [5.41, 5.74) is 0.496. The van der Waals surface area contributed by atoms with E-state index in [4.69, 9.17) is 4.74 Å². The van der Waals surface area contributed by atoms with E-state index in [1.165, 1.54) is 18.3 Å². The van der Waals surface area contributed by atoms with Crippen LogP contribution in [0, 0.1) is 11.7 Å². The van der Waals surface area contributed by atoms with Crippen LogP contribution in [0.5, 0.6) is 5.88 Å². The van der Waals surface area contributed by atoms with Crippen molar-refractivity contribution in [3.63, 3.8) is 0 Å². The van der Waals surface area contributed by atoms with Crippen LogP contribution in [0.2, 0.25) is 0 Å². The molecule has 3 atom stereocenters. The summed E-state index contributed by atoms with van der Waals surface area (Å²) in [5.74, 6) is -2.67. The molecule has 1 aliphatic rings. The number of alkyl halides is 5. The number of halogens is 6. The predicted molar refractivity (Wildman–Crippen MR) is 94.9 cm³/mol. The zero-order valence-electron chi connectivity index (χ0n) is 16.2. The first-order valence-electron chi connectivity index (χ1n) is 9.26. The Labute approximate surface area is 171 Å². The summed E-state index contributed by atoms with van der Waals surface area (Å²) in [6.07, 6.45) is -8.37. The number of hydrogen-bond donors (Lipinski definition) is 0. The second-order valence-electron chi connectivity index (χ2n) is 7.37. The number of aromatic nitrogens is 4. The molecule has 0 amide bonds. The van der Waals surface area contributed by atoms with E-state index in [-0.39, 0.29) is 22.7 Å². The van der Waals surface area contributed by atoms with Crippen molar-refractivity contribution in [2.75, 3.05) is 0 Å². The maximum Gasteiger partial charge on any atom is 0.425 e. The van der Waals surface area contributed by atoms with Gasteiger partial charge in [-0.15, -0.1) is 10.2 Å². The predicted octanol–water partition coefficient (Wildman–Crippen LogP) is 4.73. The second-order valence-corrected chi connectivity index (χ2v) is 7.37. The van der Waals surface area contributed by atoms with Gasteiger partial charge in [-0.3, -0.25) is 4.40 Å². The van der Waals surface area contributed by atoms with Gasteiger partial charge in [0.15, 0.2) is 17.6 Å². The van der Waals surface area contributed by atoms with Crippen molar-refractivity contribution in [1.82, 2.24) is 19.6 Å². The number of rotatable bonds is 6. The van der Waals surface area contributed by atoms with Crippen molar-refractivity contribution in [2.24, 2.45) is 5.92 Å². The van der Waals surface area contributed by atoms with Gasteiger partial charge in [0.25, 0.3) is 5.88 Å². The van der Waals surface area contributed by atoms with Crippen LogP contribution in [-0.4, -0.2) is 38.0 Å². The van der Waals surface area contributed by atoms with Gasteiger partial charge < -0.3 is 9.47 Å². The molecule has 0 bridgehead atoms. The third-order valence-corrected chi connectivity index (χ3v) is 4.89. The maximum atomic E-state index is 14.5. The second kappa shape index (κ2) is 7.36. The lowest BCUT2D eigenvalue weighted by atomic mass is 10.1. The highest BCUT2D eigenvalue weighted by atomic mass is 19.4. The van der Waals surface area contributed by atoms with Crippen molar-refractivity contribution in [2.45, 2.75) is 44.8 Å². The van der Waals surface area contributed by atoms with E-state index < -0.39 is 42.0 Å². The van der Waals surface area contributed by atoms with Gasteiger partial charge in [0, 0.05) is 23.5 Å². The van der Waals surface area contributed by atoms with Crippen LogP contribution in [0.1, 0.15) is 26.1 Å². The van der Waals surface area contributed by atoms with E-state index >= 15 is 0 Å². The average Bonchev–Trinajstić information content (AvgIpc) is 3.19. The molecule has 0 aliphatic heterocycles. The zero-order chi connectivity index (χ0) is 22.6. The Hall–Kier alpha value is -2.89. The van der Waals surface area contributed by atoms with Crippen molar-refractivity contribution in [3.8, 4) is 17.0 Å². The number of nitrogens with zero attached hydrogens (tertiary/aromatic N) is 4. The van der Waals surface area contributed by atoms with Crippen molar-refractivity contribution in [3.05, 3.63) is 42.2 Å². The third-order valence-electron chi connectivity index (χ3n) is 4.89. The molecule has 0 N–H and O–H groups in total. The Bertz CT molecular complexity index is 1120. The highest BCUT2D eigenvalue weighted by Crippen LogP contribution is 2.41. The van der Waals surface area contributed by atoms with Crippen LogP contribution in [0.4, 0.5) is 26.3 Å². The molecule has 1 saturated carbocycles. The summed E-state index contributed by atoms with van der Waals surface area (Å²) in [6, 6.07) is 3.75. The third kappa shape index (κ3) is 4.29. The standard InChI is InChI=1S/C19H16F6N4O2/c1-9-5-14(9)31-19(24,25)17-28-27-15-4-3-11(8-29(15)17)12-6-13(20)16(26-7-12)30-10(2)18(21,22)23/h3-4,6-10,14H,5H2,1-2H3/t9?,10-,14?/m0/s1. The molecule has 3 heterocycles. The summed E-state index contributed by atoms with van der Waals surface area (Å²) in [6.45, 7) is 2.51. The Morgan fingerprint density at radius 1 is 1.13 bits per heavy atom. The van der Waals surface area contributed by atoms with Gasteiger partial charge in [0.1, 0.15) is 0 Å². The lowest BCUT2D eigenvalue weighted by Gasteiger charge is -2.17. The minimum Gasteiger partial charge on any atom is -0.463 e. The molecule has 0 saturated heterocycles. The molecule has 0 aromatic carbocycles. The first-order chi connectivity index (χ1) is 14.5. The van der Waals surface area contributed by atoms with Crippen molar-refractivity contribution < 1.29 is 35.8 Å². The van der Waals surface area contributed by atoms with E-state index in [1.54, 1.807) is 6.92 Å². The molecule has 3 aromatic rings. The molecule has 0 spiro atoms. The van der Waals surface area contributed by atoms with Gasteiger partial charge in [-0.05, 0) is 37.5 Å². The fraction of sp³-hybridized carbons (Fsp3) is 0.421. The Kier molecular flexibility index (Phi) is 5.07. The summed E-state index contributed by atoms with van der Waals surface area (Å²) in [5, 5.41) is 7.21. The van der Waals surface area contributed by atoms with Gasteiger partial charge in [-0.25, -0.2) is 9.37 Å². The number of ether oxygens (including phenoxy) is 2. The maximum absolute atomic E-state index is 14.5. The molecular weight excluding hydrogens is 430 g/mol. The summed E-state index contributed by atoms with van der Waals surface area (Å²) >= 11 is 0. The van der Waals surface area contributed by atoms with Crippen LogP contribution in [0.25, 0.3) is 16.8 Å². The van der Waals surface area contributed by atoms with Crippen LogP contribution in [0.15, 0.2) is 30.6 Å². The Balaban J connectivity index is 1.63. The van der Waals surface area contributed by atoms with E-state index in [9.17, 15) is 26.3 Å². The largest absolute Gasteiger partial charge is 0.463 e. The molecule has 3 aromatic heterocycles. The molecule has 4 rings (SSSR count). The molecule has 1 fully saturated rings.